The summed E-state index contributed by atoms with van der Waals surface area (Å²) in [6.45, 7) is 3.85. The van der Waals surface area contributed by atoms with Crippen LogP contribution in [0.5, 0.6) is 0 Å². The van der Waals surface area contributed by atoms with Gasteiger partial charge < -0.3 is 28.5 Å². The lowest BCUT2D eigenvalue weighted by Gasteiger charge is -2.54. The highest BCUT2D eigenvalue weighted by Gasteiger charge is 2.62. The molecule has 2 heterocycles. The van der Waals surface area contributed by atoms with E-state index >= 15 is 0 Å². The molecule has 2 heteroatoms. The Morgan fingerprint density at radius 3 is 2.38 bits per heavy atom. The van der Waals surface area contributed by atoms with Gasteiger partial charge in [0.2, 0.25) is 0 Å². The van der Waals surface area contributed by atoms with E-state index in [0.29, 0.717) is 6.04 Å². The molecule has 0 saturated heterocycles. The lowest BCUT2D eigenvalue weighted by Crippen LogP contribution is -3.00. The number of rotatable bonds is 2. The number of hydrogen-bond acceptors (Lipinski definition) is 0. The highest BCUT2D eigenvalue weighted by Crippen LogP contribution is 2.60. The Morgan fingerprint density at radius 1 is 1.00 bits per heavy atom. The third-order valence-electron chi connectivity index (χ3n) is 7.37. The molecule has 1 aliphatic carbocycles. The molecule has 3 atom stereocenters. The molecule has 0 amide bonds. The van der Waals surface area contributed by atoms with Crippen LogP contribution in [0.25, 0.3) is 0 Å². The van der Waals surface area contributed by atoms with Gasteiger partial charge in [0.25, 0.3) is 0 Å². The molecule has 24 heavy (non-hydrogen) atoms. The van der Waals surface area contributed by atoms with Gasteiger partial charge in [0.05, 0.1) is 13.6 Å². The van der Waals surface area contributed by atoms with Crippen molar-refractivity contribution in [2.24, 2.45) is 5.92 Å². The van der Waals surface area contributed by atoms with E-state index in [9.17, 15) is 0 Å². The van der Waals surface area contributed by atoms with E-state index in [2.05, 4.69) is 62.5 Å². The standard InChI is InChI=1S/C22H26N.HI/c1-22-19-12-5-3-10-17(19)14-21(18-11-4-6-13-20(18)22)23(22,2)15-16-8-7-9-16;/h3-6,10-13,16,21H,7-9,14-15H2,1-2H3;1H/q+1;/p-1/t21-,22+,23-;/m1./s1. The molecule has 1 saturated carbocycles. The fraction of sp³-hybridized carbons (Fsp3) is 0.455. The molecule has 126 valence electrons. The molecule has 0 N–H and O–H groups in total. The topological polar surface area (TPSA) is 0 Å². The first kappa shape index (κ1) is 16.6. The van der Waals surface area contributed by atoms with Crippen LogP contribution in [0.15, 0.2) is 48.5 Å². The maximum atomic E-state index is 2.54. The number of quaternary nitrogens is 1. The summed E-state index contributed by atoms with van der Waals surface area (Å²) in [6.07, 6.45) is 5.52. The molecule has 0 spiro atoms. The van der Waals surface area contributed by atoms with Crippen molar-refractivity contribution in [1.29, 1.82) is 0 Å². The van der Waals surface area contributed by atoms with Gasteiger partial charge in [-0.1, -0.05) is 55.0 Å². The second-order valence-corrected chi connectivity index (χ2v) is 8.28. The monoisotopic (exact) mass is 431 g/mol. The summed E-state index contributed by atoms with van der Waals surface area (Å²) in [5, 5.41) is 0. The van der Waals surface area contributed by atoms with E-state index in [1.807, 2.05) is 0 Å². The molecule has 0 radical (unpaired) electrons. The number of benzene rings is 2. The normalized spacial score (nSPS) is 33.2. The van der Waals surface area contributed by atoms with E-state index in [4.69, 9.17) is 0 Å². The van der Waals surface area contributed by atoms with Gasteiger partial charge in [0.1, 0.15) is 11.6 Å². The molecule has 3 aliphatic rings. The largest absolute Gasteiger partial charge is 1.00 e. The Balaban J connectivity index is 0.00000146. The summed E-state index contributed by atoms with van der Waals surface area (Å²) in [5.41, 5.74) is 6.44. The van der Waals surface area contributed by atoms with Crippen molar-refractivity contribution in [3.63, 3.8) is 0 Å². The molecule has 2 aliphatic heterocycles. The van der Waals surface area contributed by atoms with Crippen molar-refractivity contribution in [3.05, 3.63) is 70.8 Å². The van der Waals surface area contributed by atoms with Gasteiger partial charge in [-0.15, -0.1) is 0 Å². The summed E-state index contributed by atoms with van der Waals surface area (Å²) in [7, 11) is 2.54. The van der Waals surface area contributed by atoms with Crippen molar-refractivity contribution in [2.45, 2.75) is 44.2 Å². The zero-order chi connectivity index (χ0) is 15.7. The van der Waals surface area contributed by atoms with Gasteiger partial charge in [0, 0.05) is 29.0 Å². The molecular formula is C22H26IN. The van der Waals surface area contributed by atoms with Crippen molar-refractivity contribution >= 4 is 0 Å². The fourth-order valence-electron chi connectivity index (χ4n) is 5.76. The maximum absolute atomic E-state index is 2.54. The van der Waals surface area contributed by atoms with E-state index in [1.54, 1.807) is 22.3 Å². The Bertz CT molecular complexity index is 768. The molecule has 2 aromatic rings. The van der Waals surface area contributed by atoms with Crippen LogP contribution in [0.4, 0.5) is 0 Å². The lowest BCUT2D eigenvalue weighted by molar-refractivity contribution is -0.984. The predicted molar refractivity (Wildman–Crippen MR) is 94.2 cm³/mol. The Hall–Kier alpha value is -0.870. The van der Waals surface area contributed by atoms with Crippen LogP contribution in [0.3, 0.4) is 0 Å². The van der Waals surface area contributed by atoms with Gasteiger partial charge in [-0.25, -0.2) is 0 Å². The molecular weight excluding hydrogens is 405 g/mol. The summed E-state index contributed by atoms with van der Waals surface area (Å²) in [4.78, 5) is 0. The first-order valence-corrected chi connectivity index (χ1v) is 9.18. The number of likely N-dealkylation sites (N-methyl/N-ethyl adjacent to an activating group) is 1. The molecule has 0 aromatic heterocycles. The first-order valence-electron chi connectivity index (χ1n) is 9.18. The number of hydrogen-bond donors (Lipinski definition) is 0. The number of fused-ring (bicyclic) bond motifs is 7. The Kier molecular flexibility index (Phi) is 3.85. The van der Waals surface area contributed by atoms with Gasteiger partial charge in [-0.2, -0.15) is 0 Å². The quantitative estimate of drug-likeness (QED) is 0.503. The van der Waals surface area contributed by atoms with Crippen molar-refractivity contribution < 1.29 is 28.5 Å². The highest BCUT2D eigenvalue weighted by molar-refractivity contribution is 5.51. The molecule has 1 nitrogen and oxygen atoms in total. The molecule has 1 fully saturated rings. The minimum atomic E-state index is 0. The second kappa shape index (κ2) is 5.57. The zero-order valence-corrected chi connectivity index (χ0v) is 16.8. The fourth-order valence-corrected chi connectivity index (χ4v) is 5.76. The van der Waals surface area contributed by atoms with Gasteiger partial charge >= 0.3 is 0 Å². The van der Waals surface area contributed by atoms with Crippen molar-refractivity contribution in [2.75, 3.05) is 13.6 Å². The minimum Gasteiger partial charge on any atom is -1.00 e. The van der Waals surface area contributed by atoms with Crippen LogP contribution < -0.4 is 24.0 Å². The summed E-state index contributed by atoms with van der Waals surface area (Å²) >= 11 is 0. The van der Waals surface area contributed by atoms with Crippen LogP contribution in [0.2, 0.25) is 0 Å². The molecule has 2 bridgehead atoms. The smallest absolute Gasteiger partial charge is 0.149 e. The SMILES string of the molecule is C[C@]12c3ccccc3C[C@H](c3ccccc31)[N@@+]2(C)CC1CCC1.[I-]. The number of nitrogens with zero attached hydrogens (tertiary/aromatic N) is 1. The van der Waals surface area contributed by atoms with Crippen molar-refractivity contribution in [3.8, 4) is 0 Å². The van der Waals surface area contributed by atoms with Crippen LogP contribution in [-0.2, 0) is 12.0 Å². The van der Waals surface area contributed by atoms with Crippen LogP contribution in [0, 0.1) is 5.92 Å². The van der Waals surface area contributed by atoms with Gasteiger partial charge in [-0.3, -0.25) is 0 Å². The van der Waals surface area contributed by atoms with E-state index < -0.39 is 0 Å². The van der Waals surface area contributed by atoms with Crippen LogP contribution >= 0.6 is 0 Å². The second-order valence-electron chi connectivity index (χ2n) is 8.28. The zero-order valence-electron chi connectivity index (χ0n) is 14.6. The Morgan fingerprint density at radius 2 is 1.67 bits per heavy atom. The first-order chi connectivity index (χ1) is 11.1. The third kappa shape index (κ3) is 1.90. The van der Waals surface area contributed by atoms with Gasteiger partial charge in [-0.05, 0) is 25.3 Å². The Labute approximate surface area is 162 Å². The lowest BCUT2D eigenvalue weighted by atomic mass is 9.76. The summed E-state index contributed by atoms with van der Waals surface area (Å²) < 4.78 is 1.19. The highest BCUT2D eigenvalue weighted by atomic mass is 127. The predicted octanol–water partition coefficient (Wildman–Crippen LogP) is 1.81. The molecule has 0 unspecified atom stereocenters. The minimum absolute atomic E-state index is 0. The number of halogens is 1. The average Bonchev–Trinajstić information content (AvgIpc) is 2.65. The third-order valence-corrected chi connectivity index (χ3v) is 7.37. The maximum Gasteiger partial charge on any atom is 0.149 e. The van der Waals surface area contributed by atoms with E-state index in [-0.39, 0.29) is 29.5 Å². The molecule has 5 rings (SSSR count). The molecule has 2 aromatic carbocycles. The summed E-state index contributed by atoms with van der Waals surface area (Å²) in [6, 6.07) is 19.1. The van der Waals surface area contributed by atoms with Gasteiger partial charge in [0.15, 0.2) is 0 Å². The van der Waals surface area contributed by atoms with Crippen molar-refractivity contribution in [1.82, 2.24) is 0 Å². The van der Waals surface area contributed by atoms with Crippen LogP contribution in [-0.4, -0.2) is 18.1 Å². The summed E-state index contributed by atoms with van der Waals surface area (Å²) in [5.74, 6) is 0.932. The van der Waals surface area contributed by atoms with E-state index in [0.717, 1.165) is 5.92 Å². The van der Waals surface area contributed by atoms with Crippen LogP contribution in [0.1, 0.15) is 54.5 Å². The van der Waals surface area contributed by atoms with E-state index in [1.165, 1.54) is 36.7 Å². The average molecular weight is 431 g/mol.